The Kier molecular flexibility index (Phi) is 5.68. The van der Waals surface area contributed by atoms with Gasteiger partial charge in [-0.1, -0.05) is 28.9 Å². The molecule has 6 heteroatoms. The molecule has 0 bridgehead atoms. The minimum absolute atomic E-state index is 0.0232. The maximum atomic E-state index is 12.5. The molecule has 1 aromatic rings. The predicted molar refractivity (Wildman–Crippen MR) is 93.5 cm³/mol. The number of allylic oxidation sites excluding steroid dienone is 2. The molecule has 1 aliphatic rings. The van der Waals surface area contributed by atoms with E-state index in [1.54, 1.807) is 13.8 Å². The van der Waals surface area contributed by atoms with Crippen molar-refractivity contribution in [3.63, 3.8) is 0 Å². The van der Waals surface area contributed by atoms with Gasteiger partial charge in [-0.2, -0.15) is 5.26 Å². The Bertz CT molecular complexity index is 775. The zero-order chi connectivity index (χ0) is 17.9. The van der Waals surface area contributed by atoms with Crippen LogP contribution in [0.1, 0.15) is 37.8 Å². The second-order valence-corrected chi connectivity index (χ2v) is 6.23. The number of hydrogen-bond acceptors (Lipinski definition) is 5. The predicted octanol–water partition coefficient (Wildman–Crippen LogP) is 3.66. The van der Waals surface area contributed by atoms with E-state index < -0.39 is 11.9 Å². The lowest BCUT2D eigenvalue weighted by atomic mass is 9.80. The van der Waals surface area contributed by atoms with E-state index in [2.05, 4.69) is 22.0 Å². The third kappa shape index (κ3) is 3.31. The van der Waals surface area contributed by atoms with Gasteiger partial charge in [-0.3, -0.25) is 0 Å². The second kappa shape index (κ2) is 7.54. The van der Waals surface area contributed by atoms with Crippen LogP contribution in [-0.2, 0) is 20.7 Å². The average Bonchev–Trinajstić information content (AvgIpc) is 2.54. The summed E-state index contributed by atoms with van der Waals surface area (Å²) in [5.74, 6) is -0.718. The number of hydrogen-bond donors (Lipinski definition) is 1. The first kappa shape index (κ1) is 18.1. The first-order chi connectivity index (χ1) is 11.4. The molecule has 1 heterocycles. The van der Waals surface area contributed by atoms with Gasteiger partial charge in [0.2, 0.25) is 5.88 Å². The lowest BCUT2D eigenvalue weighted by molar-refractivity contribution is -0.139. The molecule has 0 aromatic heterocycles. The number of esters is 1. The summed E-state index contributed by atoms with van der Waals surface area (Å²) in [6, 6.07) is 7.90. The quantitative estimate of drug-likeness (QED) is 0.792. The zero-order valence-corrected chi connectivity index (χ0v) is 15.4. The SMILES string of the molecule is CCOC(=O)C1=C(C)OC(N)=C(C#N)C1c1cc(Br)ccc1CC. The average molecular weight is 391 g/mol. The molecule has 2 N–H and O–H groups in total. The molecule has 5 nitrogen and oxygen atoms in total. The van der Waals surface area contributed by atoms with Crippen LogP contribution in [0.25, 0.3) is 0 Å². The van der Waals surface area contributed by atoms with E-state index >= 15 is 0 Å². The molecule has 0 radical (unpaired) electrons. The van der Waals surface area contributed by atoms with Crippen LogP contribution in [0, 0.1) is 11.3 Å². The Morgan fingerprint density at radius 1 is 1.46 bits per heavy atom. The van der Waals surface area contributed by atoms with Crippen LogP contribution < -0.4 is 5.73 Å². The lowest BCUT2D eigenvalue weighted by Gasteiger charge is -2.28. The topological polar surface area (TPSA) is 85.3 Å². The van der Waals surface area contributed by atoms with Gasteiger partial charge in [0.05, 0.1) is 18.1 Å². The van der Waals surface area contributed by atoms with Crippen molar-refractivity contribution in [3.05, 3.63) is 56.6 Å². The van der Waals surface area contributed by atoms with Gasteiger partial charge in [0.1, 0.15) is 17.4 Å². The highest BCUT2D eigenvalue weighted by Crippen LogP contribution is 2.41. The zero-order valence-electron chi connectivity index (χ0n) is 13.9. The minimum Gasteiger partial charge on any atom is -0.463 e. The summed E-state index contributed by atoms with van der Waals surface area (Å²) in [6.07, 6.45) is 0.758. The molecular formula is C18H19BrN2O3. The van der Waals surface area contributed by atoms with Crippen LogP contribution in [0.15, 0.2) is 45.5 Å². The molecular weight excluding hydrogens is 372 g/mol. The molecule has 1 aliphatic heterocycles. The summed E-state index contributed by atoms with van der Waals surface area (Å²) >= 11 is 3.46. The fourth-order valence-electron chi connectivity index (χ4n) is 2.82. The van der Waals surface area contributed by atoms with Crippen LogP contribution in [0.3, 0.4) is 0 Å². The standard InChI is InChI=1S/C18H19BrN2O3/c1-4-11-6-7-12(19)8-13(11)16-14(9-20)17(21)24-10(3)15(16)18(22)23-5-2/h6-8,16H,4-5,21H2,1-3H3. The van der Waals surface area contributed by atoms with E-state index in [0.29, 0.717) is 11.3 Å². The van der Waals surface area contributed by atoms with Crippen molar-refractivity contribution in [2.24, 2.45) is 5.73 Å². The van der Waals surface area contributed by atoms with E-state index in [9.17, 15) is 10.1 Å². The van der Waals surface area contributed by atoms with E-state index in [-0.39, 0.29) is 18.1 Å². The number of nitrogens with zero attached hydrogens (tertiary/aromatic N) is 1. The highest BCUT2D eigenvalue weighted by molar-refractivity contribution is 9.10. The third-order valence-electron chi connectivity index (χ3n) is 3.90. The van der Waals surface area contributed by atoms with Crippen LogP contribution in [0.4, 0.5) is 0 Å². The first-order valence-electron chi connectivity index (χ1n) is 7.68. The highest BCUT2D eigenvalue weighted by Gasteiger charge is 2.37. The van der Waals surface area contributed by atoms with E-state index in [1.807, 2.05) is 25.1 Å². The van der Waals surface area contributed by atoms with Gasteiger partial charge < -0.3 is 15.2 Å². The van der Waals surface area contributed by atoms with Crippen molar-refractivity contribution in [2.75, 3.05) is 6.61 Å². The van der Waals surface area contributed by atoms with Gasteiger partial charge >= 0.3 is 5.97 Å². The Balaban J connectivity index is 2.72. The fourth-order valence-corrected chi connectivity index (χ4v) is 3.20. The Morgan fingerprint density at radius 2 is 2.17 bits per heavy atom. The molecule has 1 atom stereocenters. The van der Waals surface area contributed by atoms with Crippen LogP contribution in [-0.4, -0.2) is 12.6 Å². The molecule has 0 saturated carbocycles. The van der Waals surface area contributed by atoms with Crippen LogP contribution in [0.5, 0.6) is 0 Å². The van der Waals surface area contributed by atoms with Gasteiger partial charge in [-0.25, -0.2) is 4.79 Å². The fraction of sp³-hybridized carbons (Fsp3) is 0.333. The maximum absolute atomic E-state index is 12.5. The van der Waals surface area contributed by atoms with Crippen molar-refractivity contribution >= 4 is 21.9 Å². The number of carbonyl (C=O) groups is 1. The van der Waals surface area contributed by atoms with E-state index in [0.717, 1.165) is 22.0 Å². The van der Waals surface area contributed by atoms with Crippen molar-refractivity contribution in [1.82, 2.24) is 0 Å². The normalized spacial score (nSPS) is 17.4. The third-order valence-corrected chi connectivity index (χ3v) is 4.39. The largest absolute Gasteiger partial charge is 0.463 e. The highest BCUT2D eigenvalue weighted by atomic mass is 79.9. The Hall–Kier alpha value is -2.26. The number of nitrogens with two attached hydrogens (primary N) is 1. The molecule has 126 valence electrons. The van der Waals surface area contributed by atoms with E-state index in [1.165, 1.54) is 0 Å². The molecule has 0 spiro atoms. The second-order valence-electron chi connectivity index (χ2n) is 5.31. The van der Waals surface area contributed by atoms with Gasteiger partial charge in [-0.15, -0.1) is 0 Å². The van der Waals surface area contributed by atoms with Gasteiger partial charge in [0.15, 0.2) is 0 Å². The molecule has 0 saturated heterocycles. The molecule has 0 aliphatic carbocycles. The lowest BCUT2D eigenvalue weighted by Crippen LogP contribution is -2.26. The Labute approximate surface area is 149 Å². The number of nitriles is 1. The van der Waals surface area contributed by atoms with Crippen LogP contribution in [0.2, 0.25) is 0 Å². The van der Waals surface area contributed by atoms with Crippen LogP contribution >= 0.6 is 15.9 Å². The number of halogens is 1. The molecule has 0 fully saturated rings. The molecule has 1 aromatic carbocycles. The number of carbonyl (C=O) groups excluding carboxylic acids is 1. The smallest absolute Gasteiger partial charge is 0.338 e. The summed E-state index contributed by atoms with van der Waals surface area (Å²) < 4.78 is 11.5. The number of rotatable bonds is 4. The minimum atomic E-state index is -0.602. The molecule has 24 heavy (non-hydrogen) atoms. The van der Waals surface area contributed by atoms with Gasteiger partial charge in [0, 0.05) is 4.47 Å². The summed E-state index contributed by atoms with van der Waals surface area (Å²) in [7, 11) is 0. The molecule has 2 rings (SSSR count). The molecule has 0 amide bonds. The van der Waals surface area contributed by atoms with Crippen molar-refractivity contribution in [2.45, 2.75) is 33.1 Å². The van der Waals surface area contributed by atoms with E-state index in [4.69, 9.17) is 15.2 Å². The van der Waals surface area contributed by atoms with Crippen molar-refractivity contribution in [3.8, 4) is 6.07 Å². The van der Waals surface area contributed by atoms with Gasteiger partial charge in [-0.05, 0) is 43.5 Å². The number of benzene rings is 1. The summed E-state index contributed by atoms with van der Waals surface area (Å²) in [5.41, 5.74) is 8.32. The van der Waals surface area contributed by atoms with Gasteiger partial charge in [0.25, 0.3) is 0 Å². The van der Waals surface area contributed by atoms with Crippen molar-refractivity contribution in [1.29, 1.82) is 5.26 Å². The van der Waals surface area contributed by atoms with Crippen molar-refractivity contribution < 1.29 is 14.3 Å². The maximum Gasteiger partial charge on any atom is 0.338 e. The monoisotopic (exact) mass is 390 g/mol. The number of aryl methyl sites for hydroxylation is 1. The molecule has 1 unspecified atom stereocenters. The summed E-state index contributed by atoms with van der Waals surface area (Å²) in [4.78, 5) is 12.5. The first-order valence-corrected chi connectivity index (χ1v) is 8.47. The summed E-state index contributed by atoms with van der Waals surface area (Å²) in [6.45, 7) is 5.65. The Morgan fingerprint density at radius 3 is 2.75 bits per heavy atom. The summed E-state index contributed by atoms with van der Waals surface area (Å²) in [5, 5.41) is 9.59. The number of ether oxygens (including phenoxy) is 2.